The quantitative estimate of drug-likeness (QED) is 0.701. The van der Waals surface area contributed by atoms with Crippen LogP contribution in [-0.4, -0.2) is 30.3 Å². The SMILES string of the molecule is OB(O)COc1ccccc1OCC1CC1. The van der Waals surface area contributed by atoms with Crippen LogP contribution in [0.4, 0.5) is 0 Å². The Morgan fingerprint density at radius 3 is 2.31 bits per heavy atom. The molecule has 4 nitrogen and oxygen atoms in total. The van der Waals surface area contributed by atoms with Gasteiger partial charge < -0.3 is 19.5 Å². The van der Waals surface area contributed by atoms with Gasteiger partial charge in [-0.25, -0.2) is 0 Å². The molecule has 5 heteroatoms. The molecular formula is C11H15BO4. The van der Waals surface area contributed by atoms with Crippen LogP contribution >= 0.6 is 0 Å². The van der Waals surface area contributed by atoms with Gasteiger partial charge in [-0.2, -0.15) is 0 Å². The summed E-state index contributed by atoms with van der Waals surface area (Å²) in [4.78, 5) is 0. The van der Waals surface area contributed by atoms with Gasteiger partial charge in [0.05, 0.1) is 6.61 Å². The van der Waals surface area contributed by atoms with Crippen LogP contribution in [0, 0.1) is 5.92 Å². The van der Waals surface area contributed by atoms with E-state index in [9.17, 15) is 0 Å². The van der Waals surface area contributed by atoms with E-state index in [-0.39, 0.29) is 6.51 Å². The molecule has 1 aromatic rings. The fraction of sp³-hybridized carbons (Fsp3) is 0.455. The summed E-state index contributed by atoms with van der Waals surface area (Å²) in [6.07, 6.45) is 2.47. The van der Waals surface area contributed by atoms with E-state index >= 15 is 0 Å². The molecule has 0 unspecified atom stereocenters. The Morgan fingerprint density at radius 1 is 1.12 bits per heavy atom. The van der Waals surface area contributed by atoms with E-state index in [1.807, 2.05) is 18.2 Å². The van der Waals surface area contributed by atoms with Crippen LogP contribution in [0.5, 0.6) is 11.5 Å². The molecule has 0 saturated heterocycles. The molecule has 0 aliphatic heterocycles. The van der Waals surface area contributed by atoms with Gasteiger partial charge in [0.2, 0.25) is 0 Å². The van der Waals surface area contributed by atoms with Gasteiger partial charge in [0.1, 0.15) is 6.51 Å². The summed E-state index contributed by atoms with van der Waals surface area (Å²) in [5.74, 6) is 1.89. The number of rotatable bonds is 6. The second kappa shape index (κ2) is 5.23. The topological polar surface area (TPSA) is 58.9 Å². The van der Waals surface area contributed by atoms with Crippen LogP contribution in [-0.2, 0) is 0 Å². The van der Waals surface area contributed by atoms with E-state index in [1.54, 1.807) is 6.07 Å². The molecule has 0 heterocycles. The second-order valence-corrected chi connectivity index (χ2v) is 3.99. The van der Waals surface area contributed by atoms with Crippen LogP contribution in [0.3, 0.4) is 0 Å². The van der Waals surface area contributed by atoms with Crippen molar-refractivity contribution < 1.29 is 19.5 Å². The Labute approximate surface area is 95.0 Å². The molecule has 0 aromatic heterocycles. The first kappa shape index (κ1) is 11.3. The van der Waals surface area contributed by atoms with Crippen LogP contribution in [0.25, 0.3) is 0 Å². The lowest BCUT2D eigenvalue weighted by Gasteiger charge is -2.11. The first-order valence-corrected chi connectivity index (χ1v) is 5.46. The minimum atomic E-state index is -1.46. The van der Waals surface area contributed by atoms with Crippen molar-refractivity contribution in [3.05, 3.63) is 24.3 Å². The summed E-state index contributed by atoms with van der Waals surface area (Å²) in [7, 11) is -1.46. The number of benzene rings is 1. The molecule has 2 N–H and O–H groups in total. The Bertz CT molecular complexity index is 314. The zero-order valence-electron chi connectivity index (χ0n) is 9.00. The van der Waals surface area contributed by atoms with E-state index in [1.165, 1.54) is 12.8 Å². The first-order valence-electron chi connectivity index (χ1n) is 5.46. The minimum Gasteiger partial charge on any atom is -0.492 e. The Morgan fingerprint density at radius 2 is 1.75 bits per heavy atom. The van der Waals surface area contributed by atoms with Crippen molar-refractivity contribution in [3.8, 4) is 11.5 Å². The number of para-hydroxylation sites is 2. The second-order valence-electron chi connectivity index (χ2n) is 3.99. The van der Waals surface area contributed by atoms with Gasteiger partial charge >= 0.3 is 7.12 Å². The molecule has 0 bridgehead atoms. The van der Waals surface area contributed by atoms with Crippen LogP contribution in [0.2, 0.25) is 0 Å². The average molecular weight is 222 g/mol. The number of hydrogen-bond donors (Lipinski definition) is 2. The lowest BCUT2D eigenvalue weighted by atomic mass is 9.95. The van der Waals surface area contributed by atoms with E-state index in [2.05, 4.69) is 0 Å². The lowest BCUT2D eigenvalue weighted by molar-refractivity contribution is 0.263. The third kappa shape index (κ3) is 3.43. The zero-order chi connectivity index (χ0) is 11.4. The van der Waals surface area contributed by atoms with Crippen molar-refractivity contribution in [1.82, 2.24) is 0 Å². The molecule has 0 radical (unpaired) electrons. The zero-order valence-corrected chi connectivity index (χ0v) is 9.00. The fourth-order valence-corrected chi connectivity index (χ4v) is 1.35. The summed E-state index contributed by atoms with van der Waals surface area (Å²) in [6.45, 7) is 0.561. The molecule has 0 atom stereocenters. The molecular weight excluding hydrogens is 207 g/mol. The van der Waals surface area contributed by atoms with Gasteiger partial charge in [-0.3, -0.25) is 0 Å². The summed E-state index contributed by atoms with van der Waals surface area (Å²) in [5, 5.41) is 17.4. The third-order valence-corrected chi connectivity index (χ3v) is 2.41. The fourth-order valence-electron chi connectivity index (χ4n) is 1.35. The predicted octanol–water partition coefficient (Wildman–Crippen LogP) is 0.866. The third-order valence-electron chi connectivity index (χ3n) is 2.41. The van der Waals surface area contributed by atoms with E-state index in [0.717, 1.165) is 0 Å². The smallest absolute Gasteiger partial charge is 0.491 e. The highest BCUT2D eigenvalue weighted by atomic mass is 16.5. The predicted molar refractivity (Wildman–Crippen MR) is 60.3 cm³/mol. The molecule has 1 fully saturated rings. The summed E-state index contributed by atoms with van der Waals surface area (Å²) >= 11 is 0. The monoisotopic (exact) mass is 222 g/mol. The highest BCUT2D eigenvalue weighted by Gasteiger charge is 2.22. The average Bonchev–Trinajstić information content (AvgIpc) is 3.08. The van der Waals surface area contributed by atoms with Gasteiger partial charge in [-0.1, -0.05) is 12.1 Å². The largest absolute Gasteiger partial charge is 0.492 e. The Kier molecular flexibility index (Phi) is 3.69. The van der Waals surface area contributed by atoms with Gasteiger partial charge in [0.25, 0.3) is 0 Å². The van der Waals surface area contributed by atoms with Crippen molar-refractivity contribution in [2.24, 2.45) is 5.92 Å². The molecule has 1 aromatic carbocycles. The van der Waals surface area contributed by atoms with E-state index < -0.39 is 7.12 Å². The lowest BCUT2D eigenvalue weighted by Crippen LogP contribution is -2.22. The highest BCUT2D eigenvalue weighted by Crippen LogP contribution is 2.32. The maximum Gasteiger partial charge on any atom is 0.491 e. The molecule has 1 saturated carbocycles. The standard InChI is InChI=1S/C11H15BO4/c13-12(14)8-16-11-4-2-1-3-10(11)15-7-9-5-6-9/h1-4,9,13-14H,5-8H2. The molecule has 0 spiro atoms. The maximum atomic E-state index is 8.72. The van der Waals surface area contributed by atoms with Crippen LogP contribution < -0.4 is 9.47 Å². The van der Waals surface area contributed by atoms with Crippen LogP contribution in [0.1, 0.15) is 12.8 Å². The Balaban J connectivity index is 1.92. The summed E-state index contributed by atoms with van der Waals surface area (Å²) in [6, 6.07) is 7.26. The summed E-state index contributed by atoms with van der Waals surface area (Å²) in [5.41, 5.74) is 0. The Hall–Kier alpha value is -1.20. The molecule has 2 rings (SSSR count). The van der Waals surface area contributed by atoms with E-state index in [4.69, 9.17) is 19.5 Å². The highest BCUT2D eigenvalue weighted by molar-refractivity contribution is 6.40. The molecule has 16 heavy (non-hydrogen) atoms. The molecule has 1 aliphatic rings. The number of hydrogen-bond acceptors (Lipinski definition) is 4. The minimum absolute atomic E-state index is 0.149. The molecule has 86 valence electrons. The summed E-state index contributed by atoms with van der Waals surface area (Å²) < 4.78 is 10.8. The van der Waals surface area contributed by atoms with Gasteiger partial charge in [-0.05, 0) is 30.9 Å². The molecule has 0 amide bonds. The number of ether oxygens (including phenoxy) is 2. The molecule has 1 aliphatic carbocycles. The first-order chi connectivity index (χ1) is 7.75. The van der Waals surface area contributed by atoms with Gasteiger partial charge in [0.15, 0.2) is 11.5 Å². The van der Waals surface area contributed by atoms with Crippen molar-refractivity contribution in [2.75, 3.05) is 13.1 Å². The van der Waals surface area contributed by atoms with Gasteiger partial charge in [0, 0.05) is 0 Å². The van der Waals surface area contributed by atoms with Crippen molar-refractivity contribution in [2.45, 2.75) is 12.8 Å². The van der Waals surface area contributed by atoms with Crippen LogP contribution in [0.15, 0.2) is 24.3 Å². The normalized spacial score (nSPS) is 14.6. The van der Waals surface area contributed by atoms with E-state index in [0.29, 0.717) is 24.0 Å². The maximum absolute atomic E-state index is 8.72. The van der Waals surface area contributed by atoms with Gasteiger partial charge in [-0.15, -0.1) is 0 Å². The van der Waals surface area contributed by atoms with Crippen molar-refractivity contribution in [3.63, 3.8) is 0 Å². The van der Waals surface area contributed by atoms with Crippen molar-refractivity contribution in [1.29, 1.82) is 0 Å². The van der Waals surface area contributed by atoms with Crippen molar-refractivity contribution >= 4 is 7.12 Å².